The van der Waals surface area contributed by atoms with Gasteiger partial charge in [-0.15, -0.1) is 0 Å². The van der Waals surface area contributed by atoms with Crippen LogP contribution in [0, 0.1) is 10.1 Å². The van der Waals surface area contributed by atoms with Crippen LogP contribution in [0.2, 0.25) is 0 Å². The molecule has 0 spiro atoms. The molecule has 1 heterocycles. The van der Waals surface area contributed by atoms with E-state index in [2.05, 4.69) is 12.2 Å². The van der Waals surface area contributed by atoms with E-state index in [-0.39, 0.29) is 22.8 Å². The van der Waals surface area contributed by atoms with Crippen LogP contribution >= 0.6 is 0 Å². The van der Waals surface area contributed by atoms with Crippen LogP contribution in [0.3, 0.4) is 0 Å². The average Bonchev–Trinajstić information content (AvgIpc) is 2.59. The molecule has 0 bridgehead atoms. The molecule has 2 atom stereocenters. The first-order valence-corrected chi connectivity index (χ1v) is 7.58. The minimum absolute atomic E-state index is 0.0250. The van der Waals surface area contributed by atoms with Gasteiger partial charge in [-0.3, -0.25) is 10.1 Å². The van der Waals surface area contributed by atoms with Crippen LogP contribution in [0.25, 0.3) is 0 Å². The van der Waals surface area contributed by atoms with Crippen LogP contribution in [0.1, 0.15) is 12.5 Å². The Bertz CT molecular complexity index is 687. The summed E-state index contributed by atoms with van der Waals surface area (Å²) in [6.45, 7) is 3.35. The van der Waals surface area contributed by atoms with Gasteiger partial charge >= 0.3 is 0 Å². The molecule has 1 aliphatic rings. The predicted molar refractivity (Wildman–Crippen MR) is 84.5 cm³/mol. The summed E-state index contributed by atoms with van der Waals surface area (Å²) in [5.74, 6) is 1.56. The van der Waals surface area contributed by atoms with Crippen molar-refractivity contribution >= 4 is 5.69 Å². The summed E-state index contributed by atoms with van der Waals surface area (Å²) < 4.78 is 11.7. The third kappa shape index (κ3) is 3.60. The SMILES string of the molecule is C[C@@H]([NH2+]Cc1ccc([N+](=O)[O-])cc1)[C@H]1COc2ccccc2O1. The fourth-order valence-electron chi connectivity index (χ4n) is 2.52. The van der Waals surface area contributed by atoms with Crippen molar-refractivity contribution in [2.45, 2.75) is 25.6 Å². The van der Waals surface area contributed by atoms with Gasteiger partial charge in [-0.05, 0) is 31.2 Å². The van der Waals surface area contributed by atoms with Crippen molar-refractivity contribution in [1.29, 1.82) is 0 Å². The highest BCUT2D eigenvalue weighted by atomic mass is 16.6. The molecule has 0 amide bonds. The fraction of sp³-hybridized carbons (Fsp3) is 0.294. The number of nitrogens with two attached hydrogens (primary N) is 1. The summed E-state index contributed by atoms with van der Waals surface area (Å²) in [7, 11) is 0. The molecule has 6 heteroatoms. The molecule has 2 N–H and O–H groups in total. The monoisotopic (exact) mass is 315 g/mol. The lowest BCUT2D eigenvalue weighted by Gasteiger charge is -2.29. The zero-order chi connectivity index (χ0) is 16.2. The van der Waals surface area contributed by atoms with E-state index in [0.29, 0.717) is 6.61 Å². The summed E-state index contributed by atoms with van der Waals surface area (Å²) in [6.07, 6.45) is -0.0250. The minimum Gasteiger partial charge on any atom is -0.486 e. The Hall–Kier alpha value is -2.60. The first kappa shape index (κ1) is 15.3. The van der Waals surface area contributed by atoms with E-state index in [1.807, 2.05) is 24.3 Å². The Balaban J connectivity index is 1.55. The Morgan fingerprint density at radius 3 is 2.61 bits per heavy atom. The third-order valence-electron chi connectivity index (χ3n) is 3.99. The minimum atomic E-state index is -0.388. The molecule has 2 aromatic rings. The van der Waals surface area contributed by atoms with Gasteiger partial charge in [-0.25, -0.2) is 0 Å². The average molecular weight is 315 g/mol. The van der Waals surface area contributed by atoms with Crippen molar-refractivity contribution in [2.24, 2.45) is 0 Å². The summed E-state index contributed by atoms with van der Waals surface area (Å²) >= 11 is 0. The van der Waals surface area contributed by atoms with Gasteiger partial charge in [-0.1, -0.05) is 12.1 Å². The second-order valence-corrected chi connectivity index (χ2v) is 5.64. The van der Waals surface area contributed by atoms with Crippen LogP contribution in [-0.4, -0.2) is 23.7 Å². The number of para-hydroxylation sites is 2. The van der Waals surface area contributed by atoms with Crippen LogP contribution in [0.4, 0.5) is 5.69 Å². The Labute approximate surface area is 134 Å². The van der Waals surface area contributed by atoms with Gasteiger partial charge in [0, 0.05) is 17.7 Å². The van der Waals surface area contributed by atoms with Crippen LogP contribution < -0.4 is 14.8 Å². The molecule has 0 fully saturated rings. The highest BCUT2D eigenvalue weighted by Crippen LogP contribution is 2.31. The van der Waals surface area contributed by atoms with Gasteiger partial charge in [0.15, 0.2) is 17.6 Å². The molecule has 6 nitrogen and oxygen atoms in total. The highest BCUT2D eigenvalue weighted by molar-refractivity contribution is 5.40. The van der Waals surface area contributed by atoms with Crippen molar-refractivity contribution in [3.05, 3.63) is 64.2 Å². The Morgan fingerprint density at radius 1 is 1.22 bits per heavy atom. The van der Waals surface area contributed by atoms with Crippen LogP contribution in [-0.2, 0) is 6.54 Å². The maximum atomic E-state index is 10.7. The van der Waals surface area contributed by atoms with E-state index in [9.17, 15) is 10.1 Å². The van der Waals surface area contributed by atoms with E-state index < -0.39 is 0 Å². The van der Waals surface area contributed by atoms with E-state index in [1.165, 1.54) is 12.1 Å². The summed E-state index contributed by atoms with van der Waals surface area (Å²) in [6, 6.07) is 14.5. The van der Waals surface area contributed by atoms with E-state index >= 15 is 0 Å². The number of hydrogen-bond donors (Lipinski definition) is 1. The molecule has 0 unspecified atom stereocenters. The molecular formula is C17H19N2O4+. The van der Waals surface area contributed by atoms with E-state index in [4.69, 9.17) is 9.47 Å². The van der Waals surface area contributed by atoms with Crippen molar-refractivity contribution in [1.82, 2.24) is 0 Å². The molecule has 0 aliphatic carbocycles. The lowest BCUT2D eigenvalue weighted by Crippen LogP contribution is -2.91. The summed E-state index contributed by atoms with van der Waals surface area (Å²) in [4.78, 5) is 10.3. The van der Waals surface area contributed by atoms with Gasteiger partial charge in [0.25, 0.3) is 5.69 Å². The topological polar surface area (TPSA) is 78.2 Å². The van der Waals surface area contributed by atoms with Gasteiger partial charge in [0.2, 0.25) is 0 Å². The standard InChI is InChI=1S/C17H18N2O4/c1-12(17-11-22-15-4-2-3-5-16(15)23-17)18-10-13-6-8-14(9-7-13)19(20)21/h2-9,12,17-18H,10-11H2,1H3/p+1/t12-,17-/m1/s1. The van der Waals surface area contributed by atoms with Crippen molar-refractivity contribution in [2.75, 3.05) is 6.61 Å². The van der Waals surface area contributed by atoms with Crippen molar-refractivity contribution < 1.29 is 19.7 Å². The second-order valence-electron chi connectivity index (χ2n) is 5.64. The van der Waals surface area contributed by atoms with Crippen LogP contribution in [0.5, 0.6) is 11.5 Å². The molecule has 1 aliphatic heterocycles. The number of quaternary nitrogens is 1. The maximum absolute atomic E-state index is 10.7. The number of non-ortho nitro benzene ring substituents is 1. The number of benzene rings is 2. The Kier molecular flexibility index (Phi) is 4.43. The molecule has 3 rings (SSSR count). The lowest BCUT2D eigenvalue weighted by atomic mass is 10.1. The van der Waals surface area contributed by atoms with E-state index in [0.717, 1.165) is 23.6 Å². The zero-order valence-corrected chi connectivity index (χ0v) is 12.8. The van der Waals surface area contributed by atoms with E-state index in [1.54, 1.807) is 12.1 Å². The highest BCUT2D eigenvalue weighted by Gasteiger charge is 2.28. The summed E-state index contributed by atoms with van der Waals surface area (Å²) in [5, 5.41) is 12.8. The van der Waals surface area contributed by atoms with Crippen LogP contribution in [0.15, 0.2) is 48.5 Å². The zero-order valence-electron chi connectivity index (χ0n) is 12.8. The lowest BCUT2D eigenvalue weighted by molar-refractivity contribution is -0.707. The normalized spacial score (nSPS) is 17.5. The Morgan fingerprint density at radius 2 is 1.91 bits per heavy atom. The smallest absolute Gasteiger partial charge is 0.269 e. The molecule has 0 saturated heterocycles. The number of nitro groups is 1. The number of ether oxygens (including phenoxy) is 2. The summed E-state index contributed by atoms with van der Waals surface area (Å²) in [5.41, 5.74) is 1.15. The number of nitrogens with zero attached hydrogens (tertiary/aromatic N) is 1. The largest absolute Gasteiger partial charge is 0.486 e. The van der Waals surface area contributed by atoms with Gasteiger partial charge in [0.1, 0.15) is 19.2 Å². The third-order valence-corrected chi connectivity index (χ3v) is 3.99. The molecule has 23 heavy (non-hydrogen) atoms. The molecule has 120 valence electrons. The number of rotatable bonds is 5. The number of hydrogen-bond acceptors (Lipinski definition) is 4. The van der Waals surface area contributed by atoms with Gasteiger partial charge in [-0.2, -0.15) is 0 Å². The molecule has 0 aromatic heterocycles. The van der Waals surface area contributed by atoms with Crippen molar-refractivity contribution in [3.8, 4) is 11.5 Å². The molecule has 0 saturated carbocycles. The molecule has 0 radical (unpaired) electrons. The number of nitro benzene ring substituents is 1. The fourth-order valence-corrected chi connectivity index (χ4v) is 2.52. The number of fused-ring (bicyclic) bond motifs is 1. The molecule has 2 aromatic carbocycles. The maximum Gasteiger partial charge on any atom is 0.269 e. The predicted octanol–water partition coefficient (Wildman–Crippen LogP) is 1.89. The molecular weight excluding hydrogens is 296 g/mol. The first-order valence-electron chi connectivity index (χ1n) is 7.58. The van der Waals surface area contributed by atoms with Gasteiger partial charge in [0.05, 0.1) is 4.92 Å². The quantitative estimate of drug-likeness (QED) is 0.675. The second kappa shape index (κ2) is 6.66. The first-order chi connectivity index (χ1) is 11.1. The van der Waals surface area contributed by atoms with Gasteiger partial charge < -0.3 is 14.8 Å². The van der Waals surface area contributed by atoms with Crippen molar-refractivity contribution in [3.63, 3.8) is 0 Å².